The number of aliphatic hydroxyl groups excluding tert-OH is 1. The Morgan fingerprint density at radius 2 is 1.64 bits per heavy atom. The average molecular weight is 198 g/mol. The Labute approximate surface area is 85.6 Å². The molecule has 2 heteroatoms. The zero-order valence-corrected chi connectivity index (χ0v) is 8.96. The molecule has 1 aromatic carbocycles. The van der Waals surface area contributed by atoms with E-state index in [1.165, 1.54) is 12.1 Å². The van der Waals surface area contributed by atoms with Crippen LogP contribution in [0.25, 0.3) is 0 Å². The summed E-state index contributed by atoms with van der Waals surface area (Å²) in [5.41, 5.74) is 1.13. The van der Waals surface area contributed by atoms with E-state index in [1.807, 2.05) is 13.8 Å². The van der Waals surface area contributed by atoms with Crippen molar-refractivity contribution in [3.63, 3.8) is 0 Å². The quantitative estimate of drug-likeness (QED) is 0.737. The number of hydrogen-bond acceptors (Lipinski definition) is 1. The molecule has 0 unspecified atom stereocenters. The summed E-state index contributed by atoms with van der Waals surface area (Å²) in [7, 11) is 0. The maximum Gasteiger partial charge on any atom is 0.123 e. The van der Waals surface area contributed by atoms with Gasteiger partial charge in [-0.05, 0) is 37.0 Å². The van der Waals surface area contributed by atoms with Gasteiger partial charge in [0, 0.05) is 6.61 Å². The number of rotatable bonds is 4. The molecule has 0 aromatic heterocycles. The van der Waals surface area contributed by atoms with Gasteiger partial charge in [0.15, 0.2) is 0 Å². The van der Waals surface area contributed by atoms with Gasteiger partial charge in [0.2, 0.25) is 0 Å². The van der Waals surface area contributed by atoms with Crippen molar-refractivity contribution in [2.45, 2.75) is 33.1 Å². The minimum Gasteiger partial charge on any atom is -0.396 e. The van der Waals surface area contributed by atoms with E-state index in [9.17, 15) is 4.39 Å². The Bertz CT molecular complexity index is 218. The van der Waals surface area contributed by atoms with Gasteiger partial charge in [0.1, 0.15) is 5.82 Å². The van der Waals surface area contributed by atoms with Crippen molar-refractivity contribution in [1.82, 2.24) is 0 Å². The second-order valence-corrected chi connectivity index (χ2v) is 2.81. The standard InChI is InChI=1S/C10H13FO.C2H6/c11-10-6-4-9(5-7-10)3-1-2-8-12;1-2/h4-7,12H,1-3,8H2;1-2H3. The Morgan fingerprint density at radius 1 is 1.07 bits per heavy atom. The van der Waals surface area contributed by atoms with Crippen LogP contribution in [0.5, 0.6) is 0 Å². The van der Waals surface area contributed by atoms with Gasteiger partial charge in [-0.25, -0.2) is 4.39 Å². The molecule has 0 bridgehead atoms. The van der Waals surface area contributed by atoms with Gasteiger partial charge in [-0.1, -0.05) is 26.0 Å². The van der Waals surface area contributed by atoms with Gasteiger partial charge < -0.3 is 5.11 Å². The first kappa shape index (κ1) is 13.1. The summed E-state index contributed by atoms with van der Waals surface area (Å²) in [4.78, 5) is 0. The fourth-order valence-corrected chi connectivity index (χ4v) is 1.09. The van der Waals surface area contributed by atoms with Gasteiger partial charge in [0.05, 0.1) is 0 Å². The van der Waals surface area contributed by atoms with E-state index in [4.69, 9.17) is 5.11 Å². The highest BCUT2D eigenvalue weighted by Gasteiger charge is 1.93. The second kappa shape index (κ2) is 8.70. The van der Waals surface area contributed by atoms with Crippen molar-refractivity contribution in [3.05, 3.63) is 35.6 Å². The molecule has 1 nitrogen and oxygen atoms in total. The third-order valence-corrected chi connectivity index (χ3v) is 1.79. The van der Waals surface area contributed by atoms with Crippen molar-refractivity contribution in [2.24, 2.45) is 0 Å². The lowest BCUT2D eigenvalue weighted by atomic mass is 10.1. The first-order valence-corrected chi connectivity index (χ1v) is 5.18. The van der Waals surface area contributed by atoms with E-state index >= 15 is 0 Å². The Morgan fingerprint density at radius 3 is 2.14 bits per heavy atom. The van der Waals surface area contributed by atoms with Crippen LogP contribution in [0.2, 0.25) is 0 Å². The van der Waals surface area contributed by atoms with E-state index < -0.39 is 0 Å². The van der Waals surface area contributed by atoms with Crippen molar-refractivity contribution in [1.29, 1.82) is 0 Å². The fraction of sp³-hybridized carbons (Fsp3) is 0.500. The highest BCUT2D eigenvalue weighted by molar-refractivity contribution is 5.15. The van der Waals surface area contributed by atoms with Crippen LogP contribution < -0.4 is 0 Å². The average Bonchev–Trinajstić information content (AvgIpc) is 2.24. The van der Waals surface area contributed by atoms with Gasteiger partial charge in [0.25, 0.3) is 0 Å². The van der Waals surface area contributed by atoms with Crippen LogP contribution >= 0.6 is 0 Å². The number of hydrogen-bond donors (Lipinski definition) is 1. The van der Waals surface area contributed by atoms with E-state index in [0.29, 0.717) is 0 Å². The predicted octanol–water partition coefficient (Wildman–Crippen LogP) is 3.17. The molecule has 0 spiro atoms. The normalized spacial score (nSPS) is 9.14. The minimum atomic E-state index is -0.194. The topological polar surface area (TPSA) is 20.2 Å². The Hall–Kier alpha value is -0.890. The van der Waals surface area contributed by atoms with Gasteiger partial charge in [-0.15, -0.1) is 0 Å². The molecule has 0 atom stereocenters. The Kier molecular flexibility index (Phi) is 8.14. The van der Waals surface area contributed by atoms with Crippen LogP contribution in [0, 0.1) is 5.82 Å². The maximum atomic E-state index is 12.4. The summed E-state index contributed by atoms with van der Waals surface area (Å²) in [6.07, 6.45) is 2.69. The zero-order chi connectivity index (χ0) is 10.8. The monoisotopic (exact) mass is 198 g/mol. The minimum absolute atomic E-state index is 0.194. The van der Waals surface area contributed by atoms with E-state index in [1.54, 1.807) is 12.1 Å². The largest absolute Gasteiger partial charge is 0.396 e. The van der Waals surface area contributed by atoms with Crippen LogP contribution in [-0.4, -0.2) is 11.7 Å². The molecule has 14 heavy (non-hydrogen) atoms. The van der Waals surface area contributed by atoms with Gasteiger partial charge in [-0.3, -0.25) is 0 Å². The zero-order valence-electron chi connectivity index (χ0n) is 8.96. The molecule has 0 saturated heterocycles. The van der Waals surface area contributed by atoms with Crippen LogP contribution in [0.3, 0.4) is 0 Å². The summed E-state index contributed by atoms with van der Waals surface area (Å²) >= 11 is 0. The van der Waals surface area contributed by atoms with Gasteiger partial charge in [-0.2, -0.15) is 0 Å². The molecule has 0 heterocycles. The van der Waals surface area contributed by atoms with Crippen LogP contribution in [0.15, 0.2) is 24.3 Å². The lowest BCUT2D eigenvalue weighted by Crippen LogP contribution is -1.88. The number of aryl methyl sites for hydroxylation is 1. The molecule has 1 rings (SSSR count). The molecule has 0 fully saturated rings. The van der Waals surface area contributed by atoms with E-state index in [2.05, 4.69) is 0 Å². The smallest absolute Gasteiger partial charge is 0.123 e. The lowest BCUT2D eigenvalue weighted by Gasteiger charge is -1.98. The summed E-state index contributed by atoms with van der Waals surface area (Å²) < 4.78 is 12.4. The van der Waals surface area contributed by atoms with Crippen LogP contribution in [-0.2, 0) is 6.42 Å². The molecular weight excluding hydrogens is 179 g/mol. The number of aliphatic hydroxyl groups is 1. The van der Waals surface area contributed by atoms with Crippen molar-refractivity contribution in [3.8, 4) is 0 Å². The first-order chi connectivity index (χ1) is 6.83. The first-order valence-electron chi connectivity index (χ1n) is 5.18. The van der Waals surface area contributed by atoms with E-state index in [-0.39, 0.29) is 12.4 Å². The Balaban J connectivity index is 0.000000791. The maximum absolute atomic E-state index is 12.4. The van der Waals surface area contributed by atoms with Crippen LogP contribution in [0.1, 0.15) is 32.3 Å². The van der Waals surface area contributed by atoms with Crippen molar-refractivity contribution in [2.75, 3.05) is 6.61 Å². The number of unbranched alkanes of at least 4 members (excludes halogenated alkanes) is 1. The lowest BCUT2D eigenvalue weighted by molar-refractivity contribution is 0.284. The van der Waals surface area contributed by atoms with E-state index in [0.717, 1.165) is 24.8 Å². The van der Waals surface area contributed by atoms with Crippen molar-refractivity contribution >= 4 is 0 Å². The fourth-order valence-electron chi connectivity index (χ4n) is 1.09. The summed E-state index contributed by atoms with van der Waals surface area (Å²) in [5, 5.41) is 8.53. The van der Waals surface area contributed by atoms with Crippen LogP contribution in [0.4, 0.5) is 4.39 Å². The molecule has 0 radical (unpaired) electrons. The number of benzene rings is 1. The van der Waals surface area contributed by atoms with Crippen molar-refractivity contribution < 1.29 is 9.50 Å². The molecule has 0 aliphatic heterocycles. The predicted molar refractivity (Wildman–Crippen MR) is 57.8 cm³/mol. The third kappa shape index (κ3) is 5.70. The molecule has 0 saturated carbocycles. The summed E-state index contributed by atoms with van der Waals surface area (Å²) in [5.74, 6) is -0.194. The second-order valence-electron chi connectivity index (χ2n) is 2.81. The molecule has 1 aromatic rings. The number of halogens is 1. The molecule has 0 amide bonds. The highest BCUT2D eigenvalue weighted by Crippen LogP contribution is 2.06. The summed E-state index contributed by atoms with van der Waals surface area (Å²) in [6, 6.07) is 6.50. The molecular formula is C12H19FO. The molecule has 0 aliphatic rings. The highest BCUT2D eigenvalue weighted by atomic mass is 19.1. The summed E-state index contributed by atoms with van der Waals surface area (Å²) in [6.45, 7) is 4.24. The third-order valence-electron chi connectivity index (χ3n) is 1.79. The SMILES string of the molecule is CC.OCCCCc1ccc(F)cc1. The molecule has 1 N–H and O–H groups in total. The molecule has 0 aliphatic carbocycles. The van der Waals surface area contributed by atoms with Gasteiger partial charge >= 0.3 is 0 Å². The molecule has 80 valence electrons.